The first-order chi connectivity index (χ1) is 14.8. The van der Waals surface area contributed by atoms with Crippen LogP contribution in [0.3, 0.4) is 0 Å². The maximum Gasteiger partial charge on any atom is 0.343 e. The molecule has 1 aromatic heterocycles. The van der Waals surface area contributed by atoms with Crippen LogP contribution in [0, 0.1) is 5.82 Å². The van der Waals surface area contributed by atoms with Crippen LogP contribution in [0.15, 0.2) is 36.5 Å². The molecule has 1 aliphatic rings. The second-order valence-electron chi connectivity index (χ2n) is 7.59. The number of methoxy groups -OCH3 is 1. The first-order valence-electron chi connectivity index (χ1n) is 9.93. The predicted octanol–water partition coefficient (Wildman–Crippen LogP) is 3.16. The van der Waals surface area contributed by atoms with Gasteiger partial charge in [0.2, 0.25) is 5.88 Å². The molecule has 0 radical (unpaired) electrons. The number of rotatable bonds is 6. The number of esters is 1. The van der Waals surface area contributed by atoms with Gasteiger partial charge in [0.1, 0.15) is 11.4 Å². The number of amides is 1. The van der Waals surface area contributed by atoms with Crippen LogP contribution < -0.4 is 4.74 Å². The molecule has 1 fully saturated rings. The van der Waals surface area contributed by atoms with Crippen molar-refractivity contribution < 1.29 is 23.5 Å². The molecule has 1 aromatic carbocycles. The summed E-state index contributed by atoms with van der Waals surface area (Å²) < 4.78 is 23.4. The highest BCUT2D eigenvalue weighted by molar-refractivity contribution is 6.30. The number of pyridine rings is 1. The Morgan fingerprint density at radius 1 is 1.19 bits per heavy atom. The van der Waals surface area contributed by atoms with E-state index in [0.29, 0.717) is 19.6 Å². The first-order valence-corrected chi connectivity index (χ1v) is 10.3. The van der Waals surface area contributed by atoms with Gasteiger partial charge in [-0.25, -0.2) is 14.2 Å². The lowest BCUT2D eigenvalue weighted by Gasteiger charge is -2.44. The molecule has 0 saturated carbocycles. The molecule has 3 rings (SSSR count). The maximum atomic E-state index is 13.1. The van der Waals surface area contributed by atoms with Crippen LogP contribution in [0.1, 0.15) is 29.8 Å². The normalized spacial score (nSPS) is 19.2. The smallest absolute Gasteiger partial charge is 0.343 e. The zero-order valence-corrected chi connectivity index (χ0v) is 18.4. The number of nitrogens with zero attached hydrogens (tertiary/aromatic N) is 3. The molecule has 1 aliphatic heterocycles. The van der Waals surface area contributed by atoms with Crippen LogP contribution in [0.2, 0.25) is 5.02 Å². The van der Waals surface area contributed by atoms with Gasteiger partial charge in [-0.2, -0.15) is 0 Å². The zero-order valence-electron chi connectivity index (χ0n) is 17.7. The Morgan fingerprint density at radius 3 is 2.58 bits per heavy atom. The first kappa shape index (κ1) is 23.0. The second-order valence-corrected chi connectivity index (χ2v) is 8.02. The Balaban J connectivity index is 1.61. The minimum Gasteiger partial charge on any atom is -0.467 e. The number of ether oxygens (including phenoxy) is 2. The molecule has 1 amide bonds. The minimum absolute atomic E-state index is 0.000229. The molecule has 1 saturated heterocycles. The van der Waals surface area contributed by atoms with E-state index >= 15 is 0 Å². The van der Waals surface area contributed by atoms with Crippen molar-refractivity contribution >= 4 is 23.5 Å². The van der Waals surface area contributed by atoms with Crippen molar-refractivity contribution in [1.82, 2.24) is 14.8 Å². The average molecular weight is 450 g/mol. The molecular weight excluding hydrogens is 425 g/mol. The van der Waals surface area contributed by atoms with Crippen molar-refractivity contribution in [2.45, 2.75) is 32.5 Å². The molecule has 0 unspecified atom stereocenters. The number of hydrogen-bond donors (Lipinski definition) is 0. The third-order valence-corrected chi connectivity index (χ3v) is 5.50. The SMILES string of the molecule is COC(=O)c1cc(Cl)cnc1OCC(=O)N1C[C@H](C)N(Cc2ccc(F)cc2)C[C@H]1C. The summed E-state index contributed by atoms with van der Waals surface area (Å²) in [5.41, 5.74) is 1.08. The molecule has 2 heterocycles. The van der Waals surface area contributed by atoms with Crippen molar-refractivity contribution in [2.24, 2.45) is 0 Å². The van der Waals surface area contributed by atoms with Gasteiger partial charge in [0, 0.05) is 37.9 Å². The van der Waals surface area contributed by atoms with Gasteiger partial charge in [-0.15, -0.1) is 0 Å². The van der Waals surface area contributed by atoms with Gasteiger partial charge in [0.15, 0.2) is 6.61 Å². The van der Waals surface area contributed by atoms with Gasteiger partial charge in [0.05, 0.1) is 12.1 Å². The molecular formula is C22H25ClFN3O4. The molecule has 0 aliphatic carbocycles. The monoisotopic (exact) mass is 449 g/mol. The Hall–Kier alpha value is -2.71. The van der Waals surface area contributed by atoms with Gasteiger partial charge in [-0.3, -0.25) is 9.69 Å². The lowest BCUT2D eigenvalue weighted by atomic mass is 10.1. The topological polar surface area (TPSA) is 72.0 Å². The number of aromatic nitrogens is 1. The van der Waals surface area contributed by atoms with Crippen molar-refractivity contribution in [3.63, 3.8) is 0 Å². The molecule has 31 heavy (non-hydrogen) atoms. The van der Waals surface area contributed by atoms with Gasteiger partial charge >= 0.3 is 5.97 Å². The van der Waals surface area contributed by atoms with Crippen LogP contribution >= 0.6 is 11.6 Å². The summed E-state index contributed by atoms with van der Waals surface area (Å²) in [6.45, 7) is 5.66. The summed E-state index contributed by atoms with van der Waals surface area (Å²) in [6, 6.07) is 7.92. The number of carbonyl (C=O) groups is 2. The molecule has 0 bridgehead atoms. The van der Waals surface area contributed by atoms with Crippen LogP contribution in [0.4, 0.5) is 4.39 Å². The summed E-state index contributed by atoms with van der Waals surface area (Å²) >= 11 is 5.89. The van der Waals surface area contributed by atoms with Crippen LogP contribution in [0.5, 0.6) is 5.88 Å². The molecule has 9 heteroatoms. The van der Waals surface area contributed by atoms with Gasteiger partial charge in [-0.05, 0) is 37.6 Å². The standard InChI is InChI=1S/C22H25ClFN3O4/c1-14-11-27(15(2)10-26(14)12-16-4-6-18(24)7-5-16)20(28)13-31-21-19(22(29)30-3)8-17(23)9-25-21/h4-9,14-15H,10-13H2,1-3H3/t14-,15+/m0/s1. The summed E-state index contributed by atoms with van der Waals surface area (Å²) in [7, 11) is 1.24. The Labute approximate surface area is 185 Å². The van der Waals surface area contributed by atoms with E-state index < -0.39 is 5.97 Å². The number of benzene rings is 1. The summed E-state index contributed by atoms with van der Waals surface area (Å²) in [4.78, 5) is 32.8. The molecule has 166 valence electrons. The van der Waals surface area contributed by atoms with Crippen LogP contribution in [-0.4, -0.2) is 65.6 Å². The average Bonchev–Trinajstić information content (AvgIpc) is 2.75. The van der Waals surface area contributed by atoms with Gasteiger partial charge < -0.3 is 14.4 Å². The molecule has 0 spiro atoms. The van der Waals surface area contributed by atoms with Crippen molar-refractivity contribution in [3.05, 3.63) is 58.5 Å². The number of carbonyl (C=O) groups excluding carboxylic acids is 2. The van der Waals surface area contributed by atoms with Crippen LogP contribution in [-0.2, 0) is 16.1 Å². The summed E-state index contributed by atoms with van der Waals surface area (Å²) in [5, 5.41) is 0.263. The molecule has 7 nitrogen and oxygen atoms in total. The number of piperazine rings is 1. The van der Waals surface area contributed by atoms with Crippen LogP contribution in [0.25, 0.3) is 0 Å². The highest BCUT2D eigenvalue weighted by atomic mass is 35.5. The van der Waals surface area contributed by atoms with E-state index in [-0.39, 0.29) is 46.9 Å². The van der Waals surface area contributed by atoms with E-state index in [4.69, 9.17) is 21.1 Å². The van der Waals surface area contributed by atoms with E-state index in [9.17, 15) is 14.0 Å². The summed E-state index contributed by atoms with van der Waals surface area (Å²) in [6.07, 6.45) is 1.34. The fraction of sp³-hybridized carbons (Fsp3) is 0.409. The van der Waals surface area contributed by atoms with E-state index in [1.807, 2.05) is 13.8 Å². The Kier molecular flexibility index (Phi) is 7.46. The van der Waals surface area contributed by atoms with E-state index in [0.717, 1.165) is 5.56 Å². The quantitative estimate of drug-likeness (QED) is 0.631. The van der Waals surface area contributed by atoms with E-state index in [1.165, 1.54) is 31.5 Å². The number of halogens is 2. The van der Waals surface area contributed by atoms with E-state index in [2.05, 4.69) is 9.88 Å². The fourth-order valence-corrected chi connectivity index (χ4v) is 3.76. The molecule has 2 aromatic rings. The zero-order chi connectivity index (χ0) is 22.5. The third kappa shape index (κ3) is 5.71. The minimum atomic E-state index is -0.645. The third-order valence-electron chi connectivity index (χ3n) is 5.29. The fourth-order valence-electron chi connectivity index (χ4n) is 3.60. The second kappa shape index (κ2) is 10.1. The van der Waals surface area contributed by atoms with Crippen molar-refractivity contribution in [2.75, 3.05) is 26.8 Å². The van der Waals surface area contributed by atoms with Gasteiger partial charge in [-0.1, -0.05) is 23.7 Å². The van der Waals surface area contributed by atoms with Crippen molar-refractivity contribution in [3.8, 4) is 5.88 Å². The maximum absolute atomic E-state index is 13.1. The van der Waals surface area contributed by atoms with E-state index in [1.54, 1.807) is 17.0 Å². The number of hydrogen-bond acceptors (Lipinski definition) is 6. The van der Waals surface area contributed by atoms with Gasteiger partial charge in [0.25, 0.3) is 5.91 Å². The highest BCUT2D eigenvalue weighted by Gasteiger charge is 2.32. The Morgan fingerprint density at radius 2 is 1.90 bits per heavy atom. The van der Waals surface area contributed by atoms with Crippen molar-refractivity contribution in [1.29, 1.82) is 0 Å². The molecule has 2 atom stereocenters. The highest BCUT2D eigenvalue weighted by Crippen LogP contribution is 2.22. The molecule has 0 N–H and O–H groups in total. The lowest BCUT2D eigenvalue weighted by Crippen LogP contribution is -2.58. The lowest BCUT2D eigenvalue weighted by molar-refractivity contribution is -0.139. The largest absolute Gasteiger partial charge is 0.467 e. The predicted molar refractivity (Wildman–Crippen MR) is 114 cm³/mol. The summed E-state index contributed by atoms with van der Waals surface area (Å²) in [5.74, 6) is -1.10. The Bertz CT molecular complexity index is 941.